The quantitative estimate of drug-likeness (QED) is 0.338. The molecule has 0 bridgehead atoms. The first-order chi connectivity index (χ1) is 17.4. The normalized spacial score (nSPS) is 15.1. The van der Waals surface area contributed by atoms with Gasteiger partial charge >= 0.3 is 6.18 Å². The highest BCUT2D eigenvalue weighted by atomic mass is 32.1. The Morgan fingerprint density at radius 2 is 1.78 bits per heavy atom. The van der Waals surface area contributed by atoms with E-state index in [0.717, 1.165) is 49.0 Å². The Bertz CT molecular complexity index is 1320. The van der Waals surface area contributed by atoms with Crippen LogP contribution in [0, 0.1) is 0 Å². The van der Waals surface area contributed by atoms with Gasteiger partial charge in [0.1, 0.15) is 0 Å². The Hall–Kier alpha value is -3.50. The molecule has 0 amide bonds. The van der Waals surface area contributed by atoms with Gasteiger partial charge in [-0.25, -0.2) is 15.0 Å². The van der Waals surface area contributed by atoms with Crippen molar-refractivity contribution in [1.82, 2.24) is 20.3 Å². The molecule has 1 atom stereocenters. The highest BCUT2D eigenvalue weighted by Gasteiger charge is 2.31. The number of nitrogens with one attached hydrogen (secondary N) is 2. The van der Waals surface area contributed by atoms with Crippen LogP contribution in [0.25, 0.3) is 21.8 Å². The van der Waals surface area contributed by atoms with Crippen LogP contribution in [0.1, 0.15) is 24.1 Å². The number of hydrogen-bond donors (Lipinski definition) is 2. The minimum atomic E-state index is -4.44. The van der Waals surface area contributed by atoms with Gasteiger partial charge in [-0.15, -0.1) is 0 Å². The number of piperazine rings is 1. The Morgan fingerprint density at radius 3 is 2.53 bits per heavy atom. The van der Waals surface area contributed by atoms with Crippen molar-refractivity contribution in [2.45, 2.75) is 19.1 Å². The number of anilines is 2. The molecular weight excluding hydrogens is 485 g/mol. The molecule has 1 aliphatic heterocycles. The van der Waals surface area contributed by atoms with Crippen LogP contribution in [0.3, 0.4) is 0 Å². The Balaban J connectivity index is 1.53. The third-order valence-electron chi connectivity index (χ3n) is 6.00. The summed E-state index contributed by atoms with van der Waals surface area (Å²) < 4.78 is 40.4. The van der Waals surface area contributed by atoms with Crippen molar-refractivity contribution in [2.75, 3.05) is 36.4 Å². The standard InChI is InChI=1S/C26H25F3N6S/c1-17(18-6-3-2-4-7-18)32-24-31-11-10-21(33-24)23-22(19-8-5-9-20(16-19)26(27,28)29)34-25(36-23)35-14-12-30-13-15-35/h2-11,16-17,30H,12-15H2,1H3,(H,31,32,33)/t17-/m0/s1. The summed E-state index contributed by atoms with van der Waals surface area (Å²) in [6.07, 6.45) is -2.78. The maximum Gasteiger partial charge on any atom is 0.416 e. The summed E-state index contributed by atoms with van der Waals surface area (Å²) >= 11 is 1.44. The Labute approximate surface area is 211 Å². The summed E-state index contributed by atoms with van der Waals surface area (Å²) in [5.74, 6) is 0.441. The number of hydrogen-bond acceptors (Lipinski definition) is 7. The van der Waals surface area contributed by atoms with Gasteiger partial charge in [-0.05, 0) is 30.7 Å². The monoisotopic (exact) mass is 510 g/mol. The predicted molar refractivity (Wildman–Crippen MR) is 137 cm³/mol. The van der Waals surface area contributed by atoms with Crippen LogP contribution in [-0.2, 0) is 6.18 Å². The molecule has 1 fully saturated rings. The van der Waals surface area contributed by atoms with Gasteiger partial charge in [0.05, 0.1) is 27.9 Å². The maximum atomic E-state index is 13.5. The van der Waals surface area contributed by atoms with E-state index in [9.17, 15) is 13.2 Å². The molecular formula is C26H25F3N6S. The molecule has 0 radical (unpaired) electrons. The number of aromatic nitrogens is 3. The van der Waals surface area contributed by atoms with Gasteiger partial charge in [-0.2, -0.15) is 13.2 Å². The molecule has 1 saturated heterocycles. The van der Waals surface area contributed by atoms with E-state index >= 15 is 0 Å². The SMILES string of the molecule is C[C@H](Nc1nccc(-c2sc(N3CCNCC3)nc2-c2cccc(C(F)(F)F)c2)n1)c1ccccc1. The lowest BCUT2D eigenvalue weighted by Crippen LogP contribution is -2.43. The van der Waals surface area contributed by atoms with E-state index in [0.29, 0.717) is 27.8 Å². The zero-order valence-corrected chi connectivity index (χ0v) is 20.4. The van der Waals surface area contributed by atoms with Crippen molar-refractivity contribution < 1.29 is 13.2 Å². The molecule has 10 heteroatoms. The molecule has 186 valence electrons. The van der Waals surface area contributed by atoms with E-state index in [2.05, 4.69) is 20.5 Å². The van der Waals surface area contributed by atoms with Gasteiger partial charge in [0.15, 0.2) is 5.13 Å². The lowest BCUT2D eigenvalue weighted by Gasteiger charge is -2.26. The summed E-state index contributed by atoms with van der Waals surface area (Å²) in [7, 11) is 0. The second kappa shape index (κ2) is 10.2. The molecule has 3 heterocycles. The molecule has 2 aromatic heterocycles. The number of rotatable bonds is 6. The summed E-state index contributed by atoms with van der Waals surface area (Å²) in [5.41, 5.74) is 1.89. The molecule has 0 saturated carbocycles. The van der Waals surface area contributed by atoms with Crippen LogP contribution in [0.4, 0.5) is 24.3 Å². The molecule has 2 aromatic carbocycles. The molecule has 0 unspecified atom stereocenters. The maximum absolute atomic E-state index is 13.5. The fourth-order valence-corrected chi connectivity index (χ4v) is 5.20. The van der Waals surface area contributed by atoms with Crippen molar-refractivity contribution in [3.8, 4) is 21.8 Å². The Kier molecular flexibility index (Phi) is 6.88. The van der Waals surface area contributed by atoms with Crippen LogP contribution in [0.5, 0.6) is 0 Å². The van der Waals surface area contributed by atoms with Crippen molar-refractivity contribution >= 4 is 22.4 Å². The van der Waals surface area contributed by atoms with Gasteiger partial charge in [-0.3, -0.25) is 0 Å². The minimum absolute atomic E-state index is 0.0257. The van der Waals surface area contributed by atoms with E-state index in [4.69, 9.17) is 9.97 Å². The number of thiazole rings is 1. The number of nitrogens with zero attached hydrogens (tertiary/aromatic N) is 4. The van der Waals surface area contributed by atoms with E-state index < -0.39 is 11.7 Å². The molecule has 1 aliphatic rings. The summed E-state index contributed by atoms with van der Waals surface area (Å²) in [6, 6.07) is 17.0. The molecule has 0 aliphatic carbocycles. The van der Waals surface area contributed by atoms with Gasteiger partial charge in [0, 0.05) is 37.9 Å². The van der Waals surface area contributed by atoms with Crippen LogP contribution in [0.15, 0.2) is 66.9 Å². The highest BCUT2D eigenvalue weighted by Crippen LogP contribution is 2.41. The van der Waals surface area contributed by atoms with E-state index in [1.165, 1.54) is 17.4 Å². The van der Waals surface area contributed by atoms with Crippen molar-refractivity contribution in [3.05, 3.63) is 78.0 Å². The van der Waals surface area contributed by atoms with E-state index in [1.807, 2.05) is 37.3 Å². The molecule has 36 heavy (non-hydrogen) atoms. The number of halogens is 3. The topological polar surface area (TPSA) is 66.0 Å². The third kappa shape index (κ3) is 5.34. The largest absolute Gasteiger partial charge is 0.416 e. The summed E-state index contributed by atoms with van der Waals surface area (Å²) in [5, 5.41) is 7.40. The van der Waals surface area contributed by atoms with Crippen molar-refractivity contribution in [1.29, 1.82) is 0 Å². The fraction of sp³-hybridized carbons (Fsp3) is 0.269. The second-order valence-electron chi connectivity index (χ2n) is 8.53. The zero-order chi connectivity index (χ0) is 25.1. The van der Waals surface area contributed by atoms with Gasteiger partial charge in [0.25, 0.3) is 0 Å². The minimum Gasteiger partial charge on any atom is -0.348 e. The van der Waals surface area contributed by atoms with Crippen LogP contribution in [0.2, 0.25) is 0 Å². The van der Waals surface area contributed by atoms with Crippen molar-refractivity contribution in [2.24, 2.45) is 0 Å². The first kappa shape index (κ1) is 24.2. The first-order valence-corrected chi connectivity index (χ1v) is 12.5. The average Bonchev–Trinajstić information content (AvgIpc) is 3.35. The lowest BCUT2D eigenvalue weighted by atomic mass is 10.1. The zero-order valence-electron chi connectivity index (χ0n) is 19.6. The summed E-state index contributed by atoms with van der Waals surface area (Å²) in [6.45, 7) is 5.23. The number of benzene rings is 2. The molecule has 2 N–H and O–H groups in total. The van der Waals surface area contributed by atoms with E-state index in [-0.39, 0.29) is 6.04 Å². The summed E-state index contributed by atoms with van der Waals surface area (Å²) in [4.78, 5) is 16.8. The first-order valence-electron chi connectivity index (χ1n) is 11.7. The lowest BCUT2D eigenvalue weighted by molar-refractivity contribution is -0.137. The van der Waals surface area contributed by atoms with E-state index in [1.54, 1.807) is 18.3 Å². The third-order valence-corrected chi connectivity index (χ3v) is 7.14. The molecule has 6 nitrogen and oxygen atoms in total. The van der Waals surface area contributed by atoms with Crippen LogP contribution < -0.4 is 15.5 Å². The Morgan fingerprint density at radius 1 is 1.00 bits per heavy atom. The molecule has 4 aromatic rings. The van der Waals surface area contributed by atoms with Gasteiger partial charge in [-0.1, -0.05) is 53.8 Å². The smallest absolute Gasteiger partial charge is 0.348 e. The van der Waals surface area contributed by atoms with Crippen LogP contribution >= 0.6 is 11.3 Å². The molecule has 5 rings (SSSR count). The second-order valence-corrected chi connectivity index (χ2v) is 9.51. The number of alkyl halides is 3. The fourth-order valence-electron chi connectivity index (χ4n) is 4.09. The molecule has 0 spiro atoms. The van der Waals surface area contributed by atoms with Crippen LogP contribution in [-0.4, -0.2) is 41.1 Å². The van der Waals surface area contributed by atoms with Crippen molar-refractivity contribution in [3.63, 3.8) is 0 Å². The average molecular weight is 511 g/mol. The van der Waals surface area contributed by atoms with Gasteiger partial charge in [0.2, 0.25) is 5.95 Å². The predicted octanol–water partition coefficient (Wildman–Crippen LogP) is 5.87. The highest BCUT2D eigenvalue weighted by molar-refractivity contribution is 7.19. The van der Waals surface area contributed by atoms with Gasteiger partial charge < -0.3 is 15.5 Å².